The van der Waals surface area contributed by atoms with Crippen molar-refractivity contribution >= 4 is 18.0 Å². The van der Waals surface area contributed by atoms with E-state index < -0.39 is 0 Å². The first-order valence-corrected chi connectivity index (χ1v) is 5.95. The van der Waals surface area contributed by atoms with E-state index >= 15 is 0 Å². The Hall–Kier alpha value is -2.75. The maximum atomic E-state index is 3.90. The van der Waals surface area contributed by atoms with Crippen molar-refractivity contribution in [3.8, 4) is 0 Å². The molecule has 0 N–H and O–H groups in total. The molecule has 2 aromatic carbocycles. The molecule has 0 aliphatic carbocycles. The van der Waals surface area contributed by atoms with Crippen LogP contribution in [0.3, 0.4) is 0 Å². The van der Waals surface area contributed by atoms with E-state index in [1.807, 2.05) is 48.5 Å². The summed E-state index contributed by atoms with van der Waals surface area (Å²) in [5.74, 6) is 0.549. The van der Waals surface area contributed by atoms with Crippen molar-refractivity contribution in [3.63, 3.8) is 0 Å². The minimum Gasteiger partial charge on any atom is -0.106 e. The van der Waals surface area contributed by atoms with Crippen LogP contribution in [0.25, 0.3) is 12.2 Å². The number of hydrogen-bond acceptors (Lipinski definition) is 3. The van der Waals surface area contributed by atoms with Gasteiger partial charge in [0.25, 0.3) is 0 Å². The fraction of sp³-hybridized carbons (Fsp3) is 0. The molecule has 0 spiro atoms. The van der Waals surface area contributed by atoms with Crippen molar-refractivity contribution in [3.05, 3.63) is 71.3 Å². The Kier molecular flexibility index (Phi) is 3.14. The number of hydrogen-bond donors (Lipinski definition) is 0. The molecule has 2 aromatic rings. The van der Waals surface area contributed by atoms with Crippen molar-refractivity contribution < 1.29 is 0 Å². The van der Waals surface area contributed by atoms with E-state index in [9.17, 15) is 0 Å². The molecule has 1 heterocycles. The van der Waals surface area contributed by atoms with Gasteiger partial charge in [0, 0.05) is 5.56 Å². The summed E-state index contributed by atoms with van der Waals surface area (Å²) in [4.78, 5) is 0. The molecular formula is C15H11N4. The maximum absolute atomic E-state index is 3.90. The van der Waals surface area contributed by atoms with Gasteiger partial charge in [0.1, 0.15) is 0 Å². The van der Waals surface area contributed by atoms with Gasteiger partial charge >= 0.3 is 0 Å². The minimum atomic E-state index is 0.549. The quantitative estimate of drug-likeness (QED) is 0.745. The van der Waals surface area contributed by atoms with E-state index in [4.69, 9.17) is 0 Å². The zero-order valence-electron chi connectivity index (χ0n) is 10.1. The molecule has 3 rings (SSSR count). The van der Waals surface area contributed by atoms with Gasteiger partial charge in [-0.05, 0) is 21.9 Å². The van der Waals surface area contributed by atoms with Gasteiger partial charge in [0.15, 0.2) is 0 Å². The number of amidine groups is 1. The Morgan fingerprint density at radius 2 is 1.58 bits per heavy atom. The summed E-state index contributed by atoms with van der Waals surface area (Å²) in [7, 11) is 0. The Morgan fingerprint density at radius 3 is 2.37 bits per heavy atom. The van der Waals surface area contributed by atoms with Crippen LogP contribution in [-0.2, 0) is 0 Å². The van der Waals surface area contributed by atoms with E-state index in [0.717, 1.165) is 16.7 Å². The van der Waals surface area contributed by atoms with Crippen LogP contribution in [0.15, 0.2) is 70.0 Å². The molecule has 4 nitrogen and oxygen atoms in total. The summed E-state index contributed by atoms with van der Waals surface area (Å²) in [5.41, 5.74) is 6.65. The molecule has 0 aromatic heterocycles. The fourth-order valence-electron chi connectivity index (χ4n) is 1.85. The van der Waals surface area contributed by atoms with Crippen LogP contribution in [0.2, 0.25) is 0 Å². The summed E-state index contributed by atoms with van der Waals surface area (Å²) in [6, 6.07) is 18.1. The van der Waals surface area contributed by atoms with Crippen LogP contribution < -0.4 is 5.53 Å². The highest BCUT2D eigenvalue weighted by Crippen LogP contribution is 2.16. The molecule has 1 aliphatic heterocycles. The van der Waals surface area contributed by atoms with Crippen molar-refractivity contribution in [2.45, 2.75) is 0 Å². The Balaban J connectivity index is 1.93. The molecule has 91 valence electrons. The summed E-state index contributed by atoms with van der Waals surface area (Å²) in [6.07, 6.45) is 4.10. The number of nitrogens with zero attached hydrogens (tertiary/aromatic N) is 4. The van der Waals surface area contributed by atoms with Gasteiger partial charge in [0.2, 0.25) is 5.84 Å². The van der Waals surface area contributed by atoms with Crippen LogP contribution in [0.5, 0.6) is 0 Å². The van der Waals surface area contributed by atoms with E-state index in [2.05, 4.69) is 39.2 Å². The molecule has 0 unspecified atom stereocenters. The predicted molar refractivity (Wildman–Crippen MR) is 75.3 cm³/mol. The fourth-order valence-corrected chi connectivity index (χ4v) is 1.85. The molecule has 4 heteroatoms. The van der Waals surface area contributed by atoms with Gasteiger partial charge in [0.05, 0.1) is 0 Å². The van der Waals surface area contributed by atoms with Gasteiger partial charge in [-0.3, -0.25) is 0 Å². The molecule has 1 radical (unpaired) electrons. The first kappa shape index (κ1) is 11.3. The summed E-state index contributed by atoms with van der Waals surface area (Å²) in [6.45, 7) is 0. The Bertz CT molecular complexity index is 657. The number of benzene rings is 2. The zero-order valence-corrected chi connectivity index (χ0v) is 10.1. The van der Waals surface area contributed by atoms with Crippen molar-refractivity contribution in [1.29, 1.82) is 0 Å². The standard InChI is InChI=1S/C15H11N4/c1-2-6-12(7-3-1)10-11-13-8-4-5-9-14(13)15-16-18-19-17-15/h1-11H/b11-10+. The molecule has 19 heavy (non-hydrogen) atoms. The van der Waals surface area contributed by atoms with Gasteiger partial charge < -0.3 is 0 Å². The summed E-state index contributed by atoms with van der Waals surface area (Å²) < 4.78 is 0. The van der Waals surface area contributed by atoms with Crippen molar-refractivity contribution in [2.75, 3.05) is 0 Å². The topological polar surface area (TPSA) is 51.2 Å². The maximum Gasteiger partial charge on any atom is 0.207 e. The highest BCUT2D eigenvalue weighted by atomic mass is 15.6. The average molecular weight is 247 g/mol. The number of rotatable bonds is 3. The molecule has 0 fully saturated rings. The second-order valence-electron chi connectivity index (χ2n) is 4.03. The first-order valence-electron chi connectivity index (χ1n) is 5.95. The summed E-state index contributed by atoms with van der Waals surface area (Å²) in [5, 5.41) is 11.3. The van der Waals surface area contributed by atoms with Gasteiger partial charge in [-0.25, -0.2) is 0 Å². The molecule has 0 amide bonds. The summed E-state index contributed by atoms with van der Waals surface area (Å²) >= 11 is 0. The van der Waals surface area contributed by atoms with Gasteiger partial charge in [-0.15, -0.1) is 10.2 Å². The zero-order chi connectivity index (χ0) is 12.9. The highest BCUT2D eigenvalue weighted by Gasteiger charge is 2.10. The van der Waals surface area contributed by atoms with E-state index in [0.29, 0.717) is 5.84 Å². The molecular weight excluding hydrogens is 236 g/mol. The normalized spacial score (nSPS) is 13.6. The molecule has 0 atom stereocenters. The SMILES string of the molecule is C(=C\c1ccccc1C1=N[N]N=N1)/c1ccccc1. The first-order chi connectivity index (χ1) is 9.43. The van der Waals surface area contributed by atoms with Crippen LogP contribution in [0.1, 0.15) is 16.7 Å². The van der Waals surface area contributed by atoms with Crippen LogP contribution in [0.4, 0.5) is 0 Å². The van der Waals surface area contributed by atoms with Crippen molar-refractivity contribution in [1.82, 2.24) is 5.53 Å². The van der Waals surface area contributed by atoms with Crippen LogP contribution in [-0.4, -0.2) is 5.84 Å². The molecule has 0 saturated heterocycles. The molecule has 0 bridgehead atoms. The van der Waals surface area contributed by atoms with Gasteiger partial charge in [-0.2, -0.15) is 0 Å². The largest absolute Gasteiger partial charge is 0.207 e. The van der Waals surface area contributed by atoms with Gasteiger partial charge in [-0.1, -0.05) is 66.7 Å². The minimum absolute atomic E-state index is 0.549. The van der Waals surface area contributed by atoms with E-state index in [1.165, 1.54) is 0 Å². The third kappa shape index (κ3) is 2.57. The smallest absolute Gasteiger partial charge is 0.106 e. The van der Waals surface area contributed by atoms with Crippen molar-refractivity contribution in [2.24, 2.45) is 15.4 Å². The average Bonchev–Trinajstić information content (AvgIpc) is 3.01. The van der Waals surface area contributed by atoms with Crippen LogP contribution >= 0.6 is 0 Å². The lowest BCUT2D eigenvalue weighted by molar-refractivity contribution is 0.780. The lowest BCUT2D eigenvalue weighted by Gasteiger charge is -2.01. The van der Waals surface area contributed by atoms with E-state index in [-0.39, 0.29) is 0 Å². The second-order valence-corrected chi connectivity index (χ2v) is 4.03. The lowest BCUT2D eigenvalue weighted by atomic mass is 10.1. The second kappa shape index (κ2) is 5.27. The third-order valence-corrected chi connectivity index (χ3v) is 2.78. The molecule has 0 saturated carbocycles. The Labute approximate surface area is 111 Å². The monoisotopic (exact) mass is 247 g/mol. The third-order valence-electron chi connectivity index (χ3n) is 2.78. The highest BCUT2D eigenvalue weighted by molar-refractivity contribution is 6.03. The van der Waals surface area contributed by atoms with Crippen LogP contribution in [0, 0.1) is 0 Å². The lowest BCUT2D eigenvalue weighted by Crippen LogP contribution is -1.97. The van der Waals surface area contributed by atoms with E-state index in [1.54, 1.807) is 0 Å². The predicted octanol–water partition coefficient (Wildman–Crippen LogP) is 3.50. The Morgan fingerprint density at radius 1 is 0.789 bits per heavy atom. The molecule has 1 aliphatic rings.